The fraction of sp³-hybridized carbons (Fsp3) is 0.233. The lowest BCUT2D eigenvalue weighted by Gasteiger charge is -2.14. The van der Waals surface area contributed by atoms with Crippen LogP contribution in [0.3, 0.4) is 0 Å². The molecule has 0 aromatic heterocycles. The Labute approximate surface area is 234 Å². The Morgan fingerprint density at radius 3 is 1.59 bits per heavy atom. The first-order chi connectivity index (χ1) is 19.5. The molecule has 3 aromatic rings. The van der Waals surface area contributed by atoms with E-state index in [2.05, 4.69) is 6.58 Å². The van der Waals surface area contributed by atoms with Crippen LogP contribution >= 0.6 is 0 Å². The first kappa shape index (κ1) is 30.7. The van der Waals surface area contributed by atoms with Gasteiger partial charge in [0.15, 0.2) is 11.5 Å². The highest BCUT2D eigenvalue weighted by Crippen LogP contribution is 2.34. The fourth-order valence-electron chi connectivity index (χ4n) is 3.43. The number of hydrogen-bond donors (Lipinski definition) is 0. The molecule has 8 nitrogen and oxygen atoms in total. The summed E-state index contributed by atoms with van der Waals surface area (Å²) in [5.41, 5.74) is -0.108. The van der Waals surface area contributed by atoms with Crippen LogP contribution in [0.1, 0.15) is 24.0 Å². The maximum atomic E-state index is 13.0. The number of carbonyl (C=O) groups excluding carboxylic acids is 3. The van der Waals surface area contributed by atoms with Crippen molar-refractivity contribution < 1.29 is 51.2 Å². The van der Waals surface area contributed by atoms with Gasteiger partial charge < -0.3 is 23.7 Å². The number of hydrogen-bond acceptors (Lipinski definition) is 8. The number of esters is 3. The lowest BCUT2D eigenvalue weighted by molar-refractivity contribution is -0.143. The lowest BCUT2D eigenvalue weighted by atomic mass is 10.1. The van der Waals surface area contributed by atoms with E-state index in [9.17, 15) is 27.6 Å². The van der Waals surface area contributed by atoms with E-state index in [1.807, 2.05) is 0 Å². The molecule has 0 amide bonds. The smallest absolute Gasteiger partial charge is 0.422 e. The zero-order valence-electron chi connectivity index (χ0n) is 22.3. The van der Waals surface area contributed by atoms with Crippen molar-refractivity contribution in [3.05, 3.63) is 90.0 Å². The van der Waals surface area contributed by atoms with Crippen LogP contribution in [0.15, 0.2) is 78.9 Å². The van der Waals surface area contributed by atoms with Gasteiger partial charge in [0.05, 0.1) is 14.2 Å². The summed E-state index contributed by atoms with van der Waals surface area (Å²) in [4.78, 5) is 37.0. The summed E-state index contributed by atoms with van der Waals surface area (Å²) in [6.07, 6.45) is -4.50. The average Bonchev–Trinajstić information content (AvgIpc) is 2.96. The van der Waals surface area contributed by atoms with Crippen molar-refractivity contribution in [2.45, 2.75) is 31.9 Å². The van der Waals surface area contributed by atoms with Gasteiger partial charge in [-0.25, -0.2) is 4.79 Å². The number of rotatable bonds is 12. The zero-order valence-corrected chi connectivity index (χ0v) is 22.3. The van der Waals surface area contributed by atoms with Gasteiger partial charge in [-0.2, -0.15) is 13.2 Å². The summed E-state index contributed by atoms with van der Waals surface area (Å²) < 4.78 is 64.5. The Balaban J connectivity index is 1.70. The minimum atomic E-state index is -5.04. The van der Waals surface area contributed by atoms with E-state index in [-0.39, 0.29) is 24.3 Å². The normalized spacial score (nSPS) is 10.9. The summed E-state index contributed by atoms with van der Waals surface area (Å²) in [7, 11) is 3.06. The second-order valence-electron chi connectivity index (χ2n) is 8.62. The largest absolute Gasteiger partial charge is 0.497 e. The maximum Gasteiger partial charge on any atom is 0.422 e. The number of benzene rings is 3. The van der Waals surface area contributed by atoms with Crippen LogP contribution in [0.2, 0.25) is 0 Å². The Morgan fingerprint density at radius 1 is 0.659 bits per heavy atom. The molecule has 0 N–H and O–H groups in total. The molecule has 41 heavy (non-hydrogen) atoms. The summed E-state index contributed by atoms with van der Waals surface area (Å²) in [5, 5.41) is 0. The highest BCUT2D eigenvalue weighted by Gasteiger charge is 2.38. The van der Waals surface area contributed by atoms with Crippen molar-refractivity contribution in [3.63, 3.8) is 0 Å². The maximum absolute atomic E-state index is 13.0. The summed E-state index contributed by atoms with van der Waals surface area (Å²) in [6.45, 7) is 2.71. The van der Waals surface area contributed by atoms with Gasteiger partial charge in [0, 0.05) is 18.9 Å². The van der Waals surface area contributed by atoms with Gasteiger partial charge in [-0.15, -0.1) is 0 Å². The SMILES string of the molecule is C=C(C(=O)Oc1cc(OC(=O)CCc2ccc(OC)cc2)ccc1OC(=O)CCc1ccc(OC)cc1)C(F)(F)F. The summed E-state index contributed by atoms with van der Waals surface area (Å²) >= 11 is 0. The molecule has 3 rings (SSSR count). The molecule has 216 valence electrons. The molecule has 0 heterocycles. The first-order valence-corrected chi connectivity index (χ1v) is 12.3. The number of methoxy groups -OCH3 is 2. The van der Waals surface area contributed by atoms with Crippen molar-refractivity contribution in [2.24, 2.45) is 0 Å². The molecule has 0 aliphatic rings. The number of aryl methyl sites for hydroxylation is 2. The molecule has 0 spiro atoms. The Hall–Kier alpha value is -4.80. The monoisotopic (exact) mass is 572 g/mol. The van der Waals surface area contributed by atoms with Crippen LogP contribution < -0.4 is 23.7 Å². The van der Waals surface area contributed by atoms with Crippen molar-refractivity contribution in [1.82, 2.24) is 0 Å². The van der Waals surface area contributed by atoms with Crippen molar-refractivity contribution >= 4 is 17.9 Å². The van der Waals surface area contributed by atoms with Crippen molar-refractivity contribution in [3.8, 4) is 28.7 Å². The standard InChI is InChI=1S/C30H27F3O8/c1-19(30(31,32)33)29(36)41-26-18-24(39-27(34)16-8-20-4-10-22(37-2)11-5-20)14-15-25(26)40-28(35)17-9-21-6-12-23(38-3)13-7-21/h4-7,10-15,18H,1,8-9,16-17H2,2-3H3. The highest BCUT2D eigenvalue weighted by molar-refractivity contribution is 5.91. The van der Waals surface area contributed by atoms with Gasteiger partial charge in [0.1, 0.15) is 22.8 Å². The van der Waals surface area contributed by atoms with Gasteiger partial charge >= 0.3 is 24.1 Å². The quantitative estimate of drug-likeness (QED) is 0.153. The van der Waals surface area contributed by atoms with Gasteiger partial charge in [-0.3, -0.25) is 9.59 Å². The third-order valence-corrected chi connectivity index (χ3v) is 5.72. The summed E-state index contributed by atoms with van der Waals surface area (Å²) in [5.74, 6) is -2.93. The molecule has 0 saturated heterocycles. The van der Waals surface area contributed by atoms with E-state index in [4.69, 9.17) is 23.7 Å². The number of alkyl halides is 3. The average molecular weight is 573 g/mol. The van der Waals surface area contributed by atoms with E-state index in [1.54, 1.807) is 48.5 Å². The molecule has 11 heteroatoms. The molecule has 0 radical (unpaired) electrons. The molecule has 0 atom stereocenters. The van der Waals surface area contributed by atoms with Crippen LogP contribution in [-0.2, 0) is 27.2 Å². The molecule has 0 unspecified atom stereocenters. The molecular formula is C30H27F3O8. The van der Waals surface area contributed by atoms with E-state index in [0.717, 1.165) is 23.3 Å². The predicted molar refractivity (Wildman–Crippen MR) is 141 cm³/mol. The second-order valence-corrected chi connectivity index (χ2v) is 8.62. The molecular weight excluding hydrogens is 545 g/mol. The Kier molecular flexibility index (Phi) is 10.5. The molecule has 0 aliphatic carbocycles. The van der Waals surface area contributed by atoms with Crippen LogP contribution in [0, 0.1) is 0 Å². The van der Waals surface area contributed by atoms with Crippen LogP contribution in [0.5, 0.6) is 28.7 Å². The second kappa shape index (κ2) is 14.0. The van der Waals surface area contributed by atoms with E-state index >= 15 is 0 Å². The van der Waals surface area contributed by atoms with Crippen LogP contribution in [-0.4, -0.2) is 38.3 Å². The molecule has 0 fully saturated rings. The van der Waals surface area contributed by atoms with Crippen molar-refractivity contribution in [2.75, 3.05) is 14.2 Å². The minimum absolute atomic E-state index is 0.0194. The molecule has 0 saturated carbocycles. The van der Waals surface area contributed by atoms with Gasteiger partial charge in [-0.05, 0) is 60.4 Å². The van der Waals surface area contributed by atoms with Crippen LogP contribution in [0.25, 0.3) is 0 Å². The molecule has 3 aromatic carbocycles. The zero-order chi connectivity index (χ0) is 30.0. The Morgan fingerprint density at radius 2 is 1.12 bits per heavy atom. The van der Waals surface area contributed by atoms with Crippen molar-refractivity contribution in [1.29, 1.82) is 0 Å². The first-order valence-electron chi connectivity index (χ1n) is 12.3. The summed E-state index contributed by atoms with van der Waals surface area (Å²) in [6, 6.07) is 17.4. The molecule has 0 bridgehead atoms. The van der Waals surface area contributed by atoms with Crippen LogP contribution in [0.4, 0.5) is 13.2 Å². The lowest BCUT2D eigenvalue weighted by Crippen LogP contribution is -2.23. The van der Waals surface area contributed by atoms with E-state index < -0.39 is 35.4 Å². The minimum Gasteiger partial charge on any atom is -0.497 e. The Bertz CT molecular complexity index is 1380. The predicted octanol–water partition coefficient (Wildman–Crippen LogP) is 5.80. The van der Waals surface area contributed by atoms with Gasteiger partial charge in [0.2, 0.25) is 0 Å². The van der Waals surface area contributed by atoms with E-state index in [1.165, 1.54) is 20.3 Å². The number of halogens is 3. The highest BCUT2D eigenvalue weighted by atomic mass is 19.4. The fourth-order valence-corrected chi connectivity index (χ4v) is 3.43. The number of ether oxygens (including phenoxy) is 5. The third-order valence-electron chi connectivity index (χ3n) is 5.72. The van der Waals surface area contributed by atoms with Gasteiger partial charge in [-0.1, -0.05) is 30.8 Å². The third kappa shape index (κ3) is 9.41. The van der Waals surface area contributed by atoms with Gasteiger partial charge in [0.25, 0.3) is 0 Å². The molecule has 0 aliphatic heterocycles. The topological polar surface area (TPSA) is 97.4 Å². The number of carbonyl (C=O) groups is 3. The van der Waals surface area contributed by atoms with E-state index in [0.29, 0.717) is 24.3 Å².